The molecule has 0 saturated carbocycles. The number of hydrogen-bond donors (Lipinski definition) is 2. The van der Waals surface area contributed by atoms with Crippen LogP contribution in [0.1, 0.15) is 12.8 Å². The van der Waals surface area contributed by atoms with Crippen molar-refractivity contribution in [1.29, 1.82) is 0 Å². The van der Waals surface area contributed by atoms with Crippen LogP contribution in [0.15, 0.2) is 24.3 Å². The highest BCUT2D eigenvalue weighted by Crippen LogP contribution is 2.16. The van der Waals surface area contributed by atoms with E-state index >= 15 is 0 Å². The fourth-order valence-electron chi connectivity index (χ4n) is 1.48. The van der Waals surface area contributed by atoms with Gasteiger partial charge in [0.15, 0.2) is 0 Å². The maximum Gasteiger partial charge on any atom is 0.223 e. The Bertz CT molecular complexity index is 401. The molecule has 0 aliphatic rings. The van der Waals surface area contributed by atoms with Crippen molar-refractivity contribution in [2.24, 2.45) is 0 Å². The summed E-state index contributed by atoms with van der Waals surface area (Å²) in [5.41, 5.74) is 0. The number of ether oxygens (including phenoxy) is 2. The maximum atomic E-state index is 11.5. The Morgan fingerprint density at radius 1 is 1.30 bits per heavy atom. The van der Waals surface area contributed by atoms with Crippen LogP contribution in [0, 0.1) is 0 Å². The highest BCUT2D eigenvalue weighted by Gasteiger charge is 2.01. The van der Waals surface area contributed by atoms with Crippen LogP contribution in [0.2, 0.25) is 5.02 Å². The number of carbonyl (C=O) groups excluding carboxylic acids is 1. The van der Waals surface area contributed by atoms with Crippen molar-refractivity contribution >= 4 is 17.5 Å². The molecule has 2 N–H and O–H groups in total. The lowest BCUT2D eigenvalue weighted by Gasteiger charge is -2.07. The third-order valence-corrected chi connectivity index (χ3v) is 2.65. The molecule has 112 valence electrons. The first-order valence-corrected chi connectivity index (χ1v) is 6.94. The molecular formula is C14H20ClNO4. The zero-order chi connectivity index (χ0) is 14.6. The van der Waals surface area contributed by atoms with Crippen molar-refractivity contribution < 1.29 is 19.4 Å². The third kappa shape index (κ3) is 7.99. The molecule has 6 heteroatoms. The minimum atomic E-state index is -0.0609. The zero-order valence-corrected chi connectivity index (χ0v) is 12.1. The van der Waals surface area contributed by atoms with E-state index in [1.165, 1.54) is 0 Å². The summed E-state index contributed by atoms with van der Waals surface area (Å²) in [5, 5.41) is 11.9. The van der Waals surface area contributed by atoms with Crippen molar-refractivity contribution in [2.75, 3.05) is 33.0 Å². The van der Waals surface area contributed by atoms with Crippen LogP contribution in [-0.2, 0) is 9.53 Å². The van der Waals surface area contributed by atoms with Gasteiger partial charge < -0.3 is 19.9 Å². The van der Waals surface area contributed by atoms with Crippen LogP contribution in [0.4, 0.5) is 0 Å². The quantitative estimate of drug-likeness (QED) is 0.645. The number of halogens is 1. The topological polar surface area (TPSA) is 67.8 Å². The summed E-state index contributed by atoms with van der Waals surface area (Å²) < 4.78 is 10.5. The molecule has 0 aromatic heterocycles. The lowest BCUT2D eigenvalue weighted by molar-refractivity contribution is -0.121. The second-order valence-electron chi connectivity index (χ2n) is 4.10. The van der Waals surface area contributed by atoms with Crippen LogP contribution in [0.3, 0.4) is 0 Å². The Morgan fingerprint density at radius 2 is 2.15 bits per heavy atom. The first-order valence-electron chi connectivity index (χ1n) is 6.56. The number of benzene rings is 1. The molecule has 1 amide bonds. The van der Waals surface area contributed by atoms with Gasteiger partial charge in [-0.3, -0.25) is 4.79 Å². The van der Waals surface area contributed by atoms with Crippen molar-refractivity contribution in [2.45, 2.75) is 12.8 Å². The van der Waals surface area contributed by atoms with Gasteiger partial charge in [-0.25, -0.2) is 0 Å². The van der Waals surface area contributed by atoms with E-state index in [0.29, 0.717) is 43.6 Å². The molecule has 0 spiro atoms. The summed E-state index contributed by atoms with van der Waals surface area (Å²) in [7, 11) is 0. The number of hydrogen-bond acceptors (Lipinski definition) is 4. The predicted molar refractivity (Wildman–Crippen MR) is 77.1 cm³/mol. The van der Waals surface area contributed by atoms with Gasteiger partial charge in [0.1, 0.15) is 5.75 Å². The van der Waals surface area contributed by atoms with Crippen LogP contribution in [0.25, 0.3) is 0 Å². The summed E-state index contributed by atoms with van der Waals surface area (Å²) in [4.78, 5) is 11.5. The third-order valence-electron chi connectivity index (χ3n) is 2.42. The van der Waals surface area contributed by atoms with Gasteiger partial charge in [0, 0.05) is 18.2 Å². The van der Waals surface area contributed by atoms with E-state index in [0.717, 1.165) is 6.42 Å². The van der Waals surface area contributed by atoms with E-state index in [4.69, 9.17) is 26.2 Å². The molecule has 0 aliphatic heterocycles. The van der Waals surface area contributed by atoms with Gasteiger partial charge in [0.05, 0.1) is 26.2 Å². The fourth-order valence-corrected chi connectivity index (χ4v) is 1.66. The Balaban J connectivity index is 2.03. The van der Waals surface area contributed by atoms with Crippen LogP contribution in [-0.4, -0.2) is 44.0 Å². The molecule has 1 aromatic rings. The smallest absolute Gasteiger partial charge is 0.223 e. The maximum absolute atomic E-state index is 11.5. The van der Waals surface area contributed by atoms with E-state index in [-0.39, 0.29) is 12.5 Å². The first kappa shape index (κ1) is 16.8. The Morgan fingerprint density at radius 3 is 2.90 bits per heavy atom. The van der Waals surface area contributed by atoms with Gasteiger partial charge in [-0.2, -0.15) is 0 Å². The number of carbonyl (C=O) groups is 1. The number of aliphatic hydroxyl groups excluding tert-OH is 1. The lowest BCUT2D eigenvalue weighted by Crippen LogP contribution is -2.26. The van der Waals surface area contributed by atoms with Gasteiger partial charge in [-0.1, -0.05) is 17.7 Å². The van der Waals surface area contributed by atoms with E-state index in [2.05, 4.69) is 5.32 Å². The molecule has 0 atom stereocenters. The van der Waals surface area contributed by atoms with Crippen molar-refractivity contribution in [1.82, 2.24) is 5.32 Å². The molecule has 0 radical (unpaired) electrons. The number of amides is 1. The summed E-state index contributed by atoms with van der Waals surface area (Å²) in [5.74, 6) is 0.594. The van der Waals surface area contributed by atoms with E-state index in [9.17, 15) is 4.79 Å². The molecular weight excluding hydrogens is 282 g/mol. The van der Waals surface area contributed by atoms with Crippen molar-refractivity contribution in [3.63, 3.8) is 0 Å². The van der Waals surface area contributed by atoms with E-state index in [1.54, 1.807) is 24.3 Å². The SMILES string of the molecule is O=C(CCOc1cccc(Cl)c1)NCCCOCCO. The first-order chi connectivity index (χ1) is 9.72. The molecule has 0 heterocycles. The Kier molecular flexibility index (Phi) is 8.78. The average molecular weight is 302 g/mol. The summed E-state index contributed by atoms with van der Waals surface area (Å²) >= 11 is 5.82. The molecule has 0 aliphatic carbocycles. The second-order valence-corrected chi connectivity index (χ2v) is 4.53. The molecule has 0 bridgehead atoms. The summed E-state index contributed by atoms with van der Waals surface area (Å²) in [6, 6.07) is 7.06. The molecule has 5 nitrogen and oxygen atoms in total. The van der Waals surface area contributed by atoms with Crippen LogP contribution in [0.5, 0.6) is 5.75 Å². The van der Waals surface area contributed by atoms with Gasteiger partial charge in [-0.05, 0) is 24.6 Å². The molecule has 0 unspecified atom stereocenters. The Hall–Kier alpha value is -1.30. The normalized spacial score (nSPS) is 10.3. The average Bonchev–Trinajstić information content (AvgIpc) is 2.43. The number of aliphatic hydroxyl groups is 1. The molecule has 0 saturated heterocycles. The standard InChI is InChI=1S/C14H20ClNO4/c15-12-3-1-4-13(11-12)20-9-5-14(18)16-6-2-8-19-10-7-17/h1,3-4,11,17H,2,5-10H2,(H,16,18). The van der Waals surface area contributed by atoms with E-state index in [1.807, 2.05) is 0 Å². The molecule has 0 fully saturated rings. The van der Waals surface area contributed by atoms with Gasteiger partial charge >= 0.3 is 0 Å². The van der Waals surface area contributed by atoms with Crippen molar-refractivity contribution in [3.8, 4) is 5.75 Å². The van der Waals surface area contributed by atoms with Crippen LogP contribution >= 0.6 is 11.6 Å². The van der Waals surface area contributed by atoms with Crippen molar-refractivity contribution in [3.05, 3.63) is 29.3 Å². The van der Waals surface area contributed by atoms with E-state index < -0.39 is 0 Å². The van der Waals surface area contributed by atoms with Crippen LogP contribution < -0.4 is 10.1 Å². The minimum absolute atomic E-state index is 0.0210. The highest BCUT2D eigenvalue weighted by atomic mass is 35.5. The zero-order valence-electron chi connectivity index (χ0n) is 11.3. The lowest BCUT2D eigenvalue weighted by atomic mass is 10.3. The van der Waals surface area contributed by atoms with Gasteiger partial charge in [-0.15, -0.1) is 0 Å². The molecule has 20 heavy (non-hydrogen) atoms. The minimum Gasteiger partial charge on any atom is -0.493 e. The molecule has 1 rings (SSSR count). The van der Waals surface area contributed by atoms with Gasteiger partial charge in [0.2, 0.25) is 5.91 Å². The Labute approximate surface area is 123 Å². The molecule has 1 aromatic carbocycles. The monoisotopic (exact) mass is 301 g/mol. The number of nitrogens with one attached hydrogen (secondary N) is 1. The van der Waals surface area contributed by atoms with Gasteiger partial charge in [0.25, 0.3) is 0 Å². The second kappa shape index (κ2) is 10.5. The predicted octanol–water partition coefficient (Wildman–Crippen LogP) is 1.62. The number of rotatable bonds is 10. The highest BCUT2D eigenvalue weighted by molar-refractivity contribution is 6.30. The summed E-state index contributed by atoms with van der Waals surface area (Å²) in [6.07, 6.45) is 1.02. The largest absolute Gasteiger partial charge is 0.493 e. The summed E-state index contributed by atoms with van der Waals surface area (Å²) in [6.45, 7) is 1.75. The fraction of sp³-hybridized carbons (Fsp3) is 0.500.